The van der Waals surface area contributed by atoms with E-state index in [2.05, 4.69) is 52.8 Å². The summed E-state index contributed by atoms with van der Waals surface area (Å²) in [4.78, 5) is 0. The molecule has 1 saturated carbocycles. The van der Waals surface area contributed by atoms with Gasteiger partial charge in [-0.2, -0.15) is 0 Å². The predicted octanol–water partition coefficient (Wildman–Crippen LogP) is 4.75. The number of rotatable bonds is 1. The first kappa shape index (κ1) is 11.7. The summed E-state index contributed by atoms with van der Waals surface area (Å²) < 4.78 is 0. The molecule has 0 heteroatoms. The van der Waals surface area contributed by atoms with Gasteiger partial charge in [-0.15, -0.1) is 0 Å². The van der Waals surface area contributed by atoms with Crippen LogP contribution < -0.4 is 0 Å². The van der Waals surface area contributed by atoms with E-state index in [0.717, 1.165) is 23.7 Å². The molecule has 3 atom stereocenters. The van der Waals surface area contributed by atoms with E-state index in [-0.39, 0.29) is 0 Å². The summed E-state index contributed by atoms with van der Waals surface area (Å²) in [5.41, 5.74) is 4.77. The van der Waals surface area contributed by atoms with Crippen molar-refractivity contribution in [3.8, 4) is 0 Å². The molecule has 0 aromatic heterocycles. The summed E-state index contributed by atoms with van der Waals surface area (Å²) >= 11 is 0. The number of hydrogen-bond donors (Lipinski definition) is 0. The molecule has 0 aromatic carbocycles. The Bertz CT molecular complexity index is 365. The zero-order valence-electron chi connectivity index (χ0n) is 11.2. The molecular formula is C16H24. The molecule has 0 aromatic rings. The fourth-order valence-electron chi connectivity index (χ4n) is 3.62. The molecule has 0 nitrogen and oxygen atoms in total. The van der Waals surface area contributed by atoms with E-state index >= 15 is 0 Å². The maximum atomic E-state index is 2.43. The Balaban J connectivity index is 2.41. The molecule has 0 amide bonds. The Kier molecular flexibility index (Phi) is 3.10. The Morgan fingerprint density at radius 2 is 1.94 bits per heavy atom. The summed E-state index contributed by atoms with van der Waals surface area (Å²) in [5.74, 6) is 3.15. The molecule has 0 radical (unpaired) electrons. The molecule has 1 fully saturated rings. The van der Waals surface area contributed by atoms with Crippen LogP contribution in [0.5, 0.6) is 0 Å². The Morgan fingerprint density at radius 3 is 2.56 bits per heavy atom. The minimum absolute atomic E-state index is 0.720. The molecule has 0 spiro atoms. The standard InChI is InChI=1S/C16H24/c1-10(2)14-9-15-11(3)7-6-8-12(4)16(15)13(14)5/h6-8,10,13-15H,9H2,1-5H3. The summed E-state index contributed by atoms with van der Waals surface area (Å²) in [6, 6.07) is 0. The zero-order valence-corrected chi connectivity index (χ0v) is 11.2. The van der Waals surface area contributed by atoms with E-state index in [1.165, 1.54) is 12.0 Å². The molecule has 0 N–H and O–H groups in total. The lowest BCUT2D eigenvalue weighted by Crippen LogP contribution is -2.12. The highest BCUT2D eigenvalue weighted by Crippen LogP contribution is 2.49. The molecule has 0 saturated heterocycles. The lowest BCUT2D eigenvalue weighted by atomic mass is 9.85. The number of allylic oxidation sites excluding steroid dienone is 6. The highest BCUT2D eigenvalue weighted by molar-refractivity contribution is 5.40. The summed E-state index contributed by atoms with van der Waals surface area (Å²) in [6.45, 7) is 11.7. The van der Waals surface area contributed by atoms with Crippen LogP contribution in [0.15, 0.2) is 34.9 Å². The molecule has 2 aliphatic carbocycles. The van der Waals surface area contributed by atoms with Crippen molar-refractivity contribution >= 4 is 0 Å². The smallest absolute Gasteiger partial charge is 0.00187 e. The van der Waals surface area contributed by atoms with Gasteiger partial charge in [-0.25, -0.2) is 0 Å². The first-order valence-electron chi connectivity index (χ1n) is 6.58. The van der Waals surface area contributed by atoms with Gasteiger partial charge in [0.1, 0.15) is 0 Å². The third-order valence-corrected chi connectivity index (χ3v) is 4.58. The van der Waals surface area contributed by atoms with Crippen LogP contribution in [0.1, 0.15) is 41.0 Å². The van der Waals surface area contributed by atoms with E-state index in [1.54, 1.807) is 11.1 Å². The van der Waals surface area contributed by atoms with E-state index in [0.29, 0.717) is 0 Å². The van der Waals surface area contributed by atoms with Gasteiger partial charge in [-0.3, -0.25) is 0 Å². The highest BCUT2D eigenvalue weighted by atomic mass is 14.4. The topological polar surface area (TPSA) is 0 Å². The lowest BCUT2D eigenvalue weighted by molar-refractivity contribution is 0.325. The average molecular weight is 216 g/mol. The molecular weight excluding hydrogens is 192 g/mol. The summed E-state index contributed by atoms with van der Waals surface area (Å²) in [7, 11) is 0. The number of hydrogen-bond acceptors (Lipinski definition) is 0. The van der Waals surface area contributed by atoms with Gasteiger partial charge in [0.2, 0.25) is 0 Å². The maximum Gasteiger partial charge on any atom is 0.00187 e. The van der Waals surface area contributed by atoms with Crippen molar-refractivity contribution in [3.05, 3.63) is 34.9 Å². The van der Waals surface area contributed by atoms with E-state index in [1.807, 2.05) is 0 Å². The minimum atomic E-state index is 0.720. The molecule has 3 unspecified atom stereocenters. The molecule has 0 aliphatic heterocycles. The second-order valence-electron chi connectivity index (χ2n) is 5.89. The molecule has 88 valence electrons. The Morgan fingerprint density at radius 1 is 1.25 bits per heavy atom. The summed E-state index contributed by atoms with van der Waals surface area (Å²) in [5, 5.41) is 0. The summed E-state index contributed by atoms with van der Waals surface area (Å²) in [6.07, 6.45) is 8.16. The second-order valence-corrected chi connectivity index (χ2v) is 5.89. The fourth-order valence-corrected chi connectivity index (χ4v) is 3.62. The highest BCUT2D eigenvalue weighted by Gasteiger charge is 2.38. The maximum absolute atomic E-state index is 2.43. The van der Waals surface area contributed by atoms with Crippen LogP contribution in [0.4, 0.5) is 0 Å². The molecule has 0 bridgehead atoms. The van der Waals surface area contributed by atoms with Gasteiger partial charge in [0.15, 0.2) is 0 Å². The van der Waals surface area contributed by atoms with Crippen LogP contribution in [-0.2, 0) is 0 Å². The first-order chi connectivity index (χ1) is 7.52. The van der Waals surface area contributed by atoms with Gasteiger partial charge >= 0.3 is 0 Å². The predicted molar refractivity (Wildman–Crippen MR) is 71.2 cm³/mol. The number of fused-ring (bicyclic) bond motifs is 1. The van der Waals surface area contributed by atoms with Gasteiger partial charge in [-0.05, 0) is 38.0 Å². The van der Waals surface area contributed by atoms with Crippen LogP contribution in [0.3, 0.4) is 0 Å². The van der Waals surface area contributed by atoms with Crippen molar-refractivity contribution in [1.82, 2.24) is 0 Å². The third-order valence-electron chi connectivity index (χ3n) is 4.58. The van der Waals surface area contributed by atoms with Crippen LogP contribution in [0.2, 0.25) is 0 Å². The first-order valence-corrected chi connectivity index (χ1v) is 6.58. The van der Waals surface area contributed by atoms with E-state index < -0.39 is 0 Å². The van der Waals surface area contributed by atoms with Gasteiger partial charge in [0.25, 0.3) is 0 Å². The van der Waals surface area contributed by atoms with Crippen LogP contribution in [0, 0.1) is 23.7 Å². The fraction of sp³-hybridized carbons (Fsp3) is 0.625. The normalized spacial score (nSPS) is 34.1. The van der Waals surface area contributed by atoms with E-state index in [4.69, 9.17) is 0 Å². The molecule has 16 heavy (non-hydrogen) atoms. The minimum Gasteiger partial charge on any atom is -0.0661 e. The SMILES string of the molecule is CC1=CC=CC(C)=C2C1CC(C(C)C)C2C. The third kappa shape index (κ3) is 1.79. The van der Waals surface area contributed by atoms with Gasteiger partial charge in [-0.1, -0.05) is 55.7 Å². The van der Waals surface area contributed by atoms with Gasteiger partial charge in [0.05, 0.1) is 0 Å². The van der Waals surface area contributed by atoms with Crippen molar-refractivity contribution < 1.29 is 0 Å². The van der Waals surface area contributed by atoms with Crippen molar-refractivity contribution in [2.75, 3.05) is 0 Å². The zero-order chi connectivity index (χ0) is 11.9. The van der Waals surface area contributed by atoms with Crippen LogP contribution in [0.25, 0.3) is 0 Å². The quantitative estimate of drug-likeness (QED) is 0.593. The second kappa shape index (κ2) is 4.24. The molecule has 0 heterocycles. The van der Waals surface area contributed by atoms with Crippen LogP contribution in [-0.4, -0.2) is 0 Å². The van der Waals surface area contributed by atoms with Gasteiger partial charge in [0, 0.05) is 5.92 Å². The monoisotopic (exact) mass is 216 g/mol. The molecule has 2 aliphatic rings. The van der Waals surface area contributed by atoms with Crippen molar-refractivity contribution in [3.63, 3.8) is 0 Å². The van der Waals surface area contributed by atoms with Crippen molar-refractivity contribution in [2.24, 2.45) is 23.7 Å². The molecule has 2 rings (SSSR count). The van der Waals surface area contributed by atoms with Crippen molar-refractivity contribution in [1.29, 1.82) is 0 Å². The van der Waals surface area contributed by atoms with Gasteiger partial charge < -0.3 is 0 Å². The largest absolute Gasteiger partial charge is 0.0661 e. The Hall–Kier alpha value is -0.780. The van der Waals surface area contributed by atoms with Crippen LogP contribution >= 0.6 is 0 Å². The lowest BCUT2D eigenvalue weighted by Gasteiger charge is -2.20. The average Bonchev–Trinajstić information content (AvgIpc) is 2.48. The van der Waals surface area contributed by atoms with E-state index in [9.17, 15) is 0 Å². The van der Waals surface area contributed by atoms with Crippen molar-refractivity contribution in [2.45, 2.75) is 41.0 Å². The Labute approximate surface area is 100 Å².